The van der Waals surface area contributed by atoms with Crippen LogP contribution in [0.5, 0.6) is 0 Å². The van der Waals surface area contributed by atoms with Gasteiger partial charge < -0.3 is 11.1 Å². The Morgan fingerprint density at radius 1 is 1.29 bits per heavy atom. The van der Waals surface area contributed by atoms with Gasteiger partial charge in [-0.05, 0) is 45.7 Å². The number of nitrogens with zero attached hydrogens (tertiary/aromatic N) is 1. The minimum atomic E-state index is -0.579. The Balaban J connectivity index is 1.75. The number of carbonyl (C=O) groups is 1. The second-order valence-electron chi connectivity index (χ2n) is 5.67. The summed E-state index contributed by atoms with van der Waals surface area (Å²) >= 11 is 0. The molecule has 1 aliphatic heterocycles. The molecule has 1 atom stereocenters. The van der Waals surface area contributed by atoms with E-state index in [1.54, 1.807) is 0 Å². The van der Waals surface area contributed by atoms with E-state index in [4.69, 9.17) is 5.73 Å². The predicted octanol–water partition coefficient (Wildman–Crippen LogP) is 0.858. The van der Waals surface area contributed by atoms with Gasteiger partial charge in [-0.1, -0.05) is 12.8 Å². The zero-order valence-corrected chi connectivity index (χ0v) is 10.9. The van der Waals surface area contributed by atoms with Crippen LogP contribution < -0.4 is 11.1 Å². The molecular weight excluding hydrogens is 214 g/mol. The van der Waals surface area contributed by atoms with E-state index in [2.05, 4.69) is 17.1 Å². The van der Waals surface area contributed by atoms with Crippen molar-refractivity contribution >= 4 is 5.91 Å². The predicted molar refractivity (Wildman–Crippen MR) is 68.7 cm³/mol. The van der Waals surface area contributed by atoms with Gasteiger partial charge in [-0.3, -0.25) is 9.69 Å². The summed E-state index contributed by atoms with van der Waals surface area (Å²) in [6, 6.07) is 0.437. The molecule has 98 valence electrons. The monoisotopic (exact) mass is 239 g/mol. The first-order valence-electron chi connectivity index (χ1n) is 6.93. The summed E-state index contributed by atoms with van der Waals surface area (Å²) in [7, 11) is 0. The quantitative estimate of drug-likeness (QED) is 0.765. The average molecular weight is 239 g/mol. The van der Waals surface area contributed by atoms with Crippen LogP contribution in [-0.4, -0.2) is 42.0 Å². The first kappa shape index (κ1) is 12.8. The topological polar surface area (TPSA) is 58.4 Å². The first-order valence-corrected chi connectivity index (χ1v) is 6.93. The highest BCUT2D eigenvalue weighted by Crippen LogP contribution is 2.27. The number of likely N-dealkylation sites (tertiary alicyclic amines) is 1. The Kier molecular flexibility index (Phi) is 4.05. The molecule has 0 spiro atoms. The van der Waals surface area contributed by atoms with Crippen molar-refractivity contribution in [2.24, 2.45) is 5.73 Å². The lowest BCUT2D eigenvalue weighted by atomic mass is 9.98. The highest BCUT2D eigenvalue weighted by Gasteiger charge is 2.37. The van der Waals surface area contributed by atoms with Crippen molar-refractivity contribution < 1.29 is 4.79 Å². The average Bonchev–Trinajstić information content (AvgIpc) is 2.96. The van der Waals surface area contributed by atoms with Crippen molar-refractivity contribution in [3.63, 3.8) is 0 Å². The van der Waals surface area contributed by atoms with Gasteiger partial charge in [0.2, 0.25) is 5.91 Å². The number of hydrogen-bond donors (Lipinski definition) is 2. The van der Waals surface area contributed by atoms with Gasteiger partial charge in [0.05, 0.1) is 5.54 Å². The molecule has 4 nitrogen and oxygen atoms in total. The van der Waals surface area contributed by atoms with Crippen LogP contribution in [0.3, 0.4) is 0 Å². The second kappa shape index (κ2) is 5.36. The van der Waals surface area contributed by atoms with Gasteiger partial charge in [0.1, 0.15) is 0 Å². The maximum absolute atomic E-state index is 12.0. The second-order valence-corrected chi connectivity index (χ2v) is 5.67. The zero-order valence-electron chi connectivity index (χ0n) is 10.9. The summed E-state index contributed by atoms with van der Waals surface area (Å²) < 4.78 is 0. The highest BCUT2D eigenvalue weighted by molar-refractivity contribution is 5.86. The molecule has 2 aliphatic rings. The number of nitrogens with one attached hydrogen (secondary N) is 1. The molecule has 0 radical (unpaired) electrons. The first-order chi connectivity index (χ1) is 8.12. The van der Waals surface area contributed by atoms with Crippen LogP contribution in [-0.2, 0) is 4.79 Å². The third-order valence-electron chi connectivity index (χ3n) is 4.27. The third-order valence-corrected chi connectivity index (χ3v) is 4.27. The van der Waals surface area contributed by atoms with Crippen LogP contribution >= 0.6 is 0 Å². The molecule has 4 heteroatoms. The molecule has 1 saturated carbocycles. The molecule has 1 saturated heterocycles. The van der Waals surface area contributed by atoms with Crippen LogP contribution in [0.15, 0.2) is 0 Å². The Morgan fingerprint density at radius 2 is 1.88 bits per heavy atom. The molecule has 3 N–H and O–H groups in total. The van der Waals surface area contributed by atoms with Crippen LogP contribution in [0.2, 0.25) is 0 Å². The minimum absolute atomic E-state index is 0.0565. The highest BCUT2D eigenvalue weighted by atomic mass is 16.2. The fourth-order valence-electron chi connectivity index (χ4n) is 2.96. The van der Waals surface area contributed by atoms with Crippen LogP contribution in [0.1, 0.15) is 45.4 Å². The number of hydrogen-bond acceptors (Lipinski definition) is 3. The minimum Gasteiger partial charge on any atom is -0.353 e. The van der Waals surface area contributed by atoms with Gasteiger partial charge in [-0.15, -0.1) is 0 Å². The molecule has 0 aromatic heterocycles. The van der Waals surface area contributed by atoms with Crippen molar-refractivity contribution in [3.8, 4) is 0 Å². The molecule has 0 aromatic carbocycles. The lowest BCUT2D eigenvalue weighted by Crippen LogP contribution is -2.54. The van der Waals surface area contributed by atoms with Gasteiger partial charge in [-0.25, -0.2) is 0 Å². The van der Waals surface area contributed by atoms with Gasteiger partial charge >= 0.3 is 0 Å². The summed E-state index contributed by atoms with van der Waals surface area (Å²) in [4.78, 5) is 14.5. The molecule has 1 unspecified atom stereocenters. The molecule has 2 rings (SSSR count). The van der Waals surface area contributed by atoms with Crippen molar-refractivity contribution in [2.45, 2.75) is 57.0 Å². The largest absolute Gasteiger partial charge is 0.353 e. The Labute approximate surface area is 104 Å². The van der Waals surface area contributed by atoms with Crippen molar-refractivity contribution in [2.75, 3.05) is 19.6 Å². The molecular formula is C13H25N3O. The molecule has 1 heterocycles. The van der Waals surface area contributed by atoms with Gasteiger partial charge in [0, 0.05) is 12.6 Å². The van der Waals surface area contributed by atoms with E-state index in [1.807, 2.05) is 0 Å². The summed E-state index contributed by atoms with van der Waals surface area (Å²) in [6.45, 7) is 5.26. The van der Waals surface area contributed by atoms with Crippen molar-refractivity contribution in [1.29, 1.82) is 0 Å². The maximum atomic E-state index is 12.0. The SMILES string of the molecule is CC(CNC(=O)C1(N)CCCC1)N1CCCC1. The van der Waals surface area contributed by atoms with Gasteiger partial charge in [0.15, 0.2) is 0 Å². The lowest BCUT2D eigenvalue weighted by Gasteiger charge is -2.27. The van der Waals surface area contributed by atoms with Gasteiger partial charge in [0.25, 0.3) is 0 Å². The fraction of sp³-hybridized carbons (Fsp3) is 0.923. The van der Waals surface area contributed by atoms with Crippen LogP contribution in [0.25, 0.3) is 0 Å². The van der Waals surface area contributed by atoms with E-state index in [1.165, 1.54) is 25.9 Å². The number of rotatable bonds is 4. The van der Waals surface area contributed by atoms with E-state index >= 15 is 0 Å². The summed E-state index contributed by atoms with van der Waals surface area (Å²) in [5, 5.41) is 3.04. The normalized spacial score (nSPS) is 26.0. The molecule has 1 amide bonds. The van der Waals surface area contributed by atoms with E-state index < -0.39 is 5.54 Å². The van der Waals surface area contributed by atoms with E-state index in [-0.39, 0.29) is 5.91 Å². The van der Waals surface area contributed by atoms with Crippen LogP contribution in [0, 0.1) is 0 Å². The van der Waals surface area contributed by atoms with Crippen molar-refractivity contribution in [1.82, 2.24) is 10.2 Å². The van der Waals surface area contributed by atoms with E-state index in [0.717, 1.165) is 32.2 Å². The Bertz CT molecular complexity index is 268. The molecule has 1 aliphatic carbocycles. The molecule has 0 aromatic rings. The standard InChI is InChI=1S/C13H25N3O/c1-11(16-8-4-5-9-16)10-15-12(17)13(14)6-2-3-7-13/h11H,2-10,14H2,1H3,(H,15,17). The Hall–Kier alpha value is -0.610. The molecule has 17 heavy (non-hydrogen) atoms. The Morgan fingerprint density at radius 3 is 2.47 bits per heavy atom. The maximum Gasteiger partial charge on any atom is 0.240 e. The zero-order chi connectivity index (χ0) is 12.3. The van der Waals surface area contributed by atoms with E-state index in [9.17, 15) is 4.79 Å². The smallest absolute Gasteiger partial charge is 0.240 e. The summed E-state index contributed by atoms with van der Waals surface area (Å²) in [5.41, 5.74) is 5.54. The lowest BCUT2D eigenvalue weighted by molar-refractivity contribution is -0.126. The number of nitrogens with two attached hydrogens (primary N) is 1. The summed E-state index contributed by atoms with van der Waals surface area (Å²) in [6.07, 6.45) is 6.45. The van der Waals surface area contributed by atoms with E-state index in [0.29, 0.717) is 6.04 Å². The summed E-state index contributed by atoms with van der Waals surface area (Å²) in [5.74, 6) is 0.0565. The molecule has 2 fully saturated rings. The number of carbonyl (C=O) groups excluding carboxylic acids is 1. The number of amides is 1. The van der Waals surface area contributed by atoms with Gasteiger partial charge in [-0.2, -0.15) is 0 Å². The third kappa shape index (κ3) is 2.99. The fourth-order valence-corrected chi connectivity index (χ4v) is 2.96. The van der Waals surface area contributed by atoms with Crippen molar-refractivity contribution in [3.05, 3.63) is 0 Å². The van der Waals surface area contributed by atoms with Crippen LogP contribution in [0.4, 0.5) is 0 Å². The molecule has 0 bridgehead atoms.